The van der Waals surface area contributed by atoms with Crippen LogP contribution in [0.25, 0.3) is 0 Å². The van der Waals surface area contributed by atoms with Crippen LogP contribution < -0.4 is 0 Å². The van der Waals surface area contributed by atoms with Crippen molar-refractivity contribution in [2.24, 2.45) is 5.92 Å². The SMILES string of the molecule is CCC(C)(C(O)C1CC1)N(C)C. The summed E-state index contributed by atoms with van der Waals surface area (Å²) in [6.07, 6.45) is 3.30. The van der Waals surface area contributed by atoms with E-state index in [2.05, 4.69) is 32.8 Å². The molecule has 2 heteroatoms. The van der Waals surface area contributed by atoms with Crippen LogP contribution in [-0.4, -0.2) is 35.7 Å². The van der Waals surface area contributed by atoms with Crippen molar-refractivity contribution in [3.63, 3.8) is 0 Å². The lowest BCUT2D eigenvalue weighted by Crippen LogP contribution is -2.51. The van der Waals surface area contributed by atoms with Gasteiger partial charge in [0.2, 0.25) is 0 Å². The van der Waals surface area contributed by atoms with Crippen molar-refractivity contribution in [2.45, 2.75) is 44.8 Å². The Balaban J connectivity index is 2.63. The van der Waals surface area contributed by atoms with Crippen molar-refractivity contribution >= 4 is 0 Å². The maximum Gasteiger partial charge on any atom is 0.0748 e. The van der Waals surface area contributed by atoms with Gasteiger partial charge in [-0.3, -0.25) is 0 Å². The number of nitrogens with zero attached hydrogens (tertiary/aromatic N) is 1. The Morgan fingerprint density at radius 2 is 2.00 bits per heavy atom. The molecule has 12 heavy (non-hydrogen) atoms. The molecule has 0 aromatic carbocycles. The molecule has 2 unspecified atom stereocenters. The summed E-state index contributed by atoms with van der Waals surface area (Å²) in [5, 5.41) is 10.0. The second-order valence-corrected chi connectivity index (χ2v) is 4.39. The Kier molecular flexibility index (Phi) is 2.79. The predicted octanol–water partition coefficient (Wildman–Crippen LogP) is 1.49. The predicted molar refractivity (Wildman–Crippen MR) is 51.1 cm³/mol. The average Bonchev–Trinajstić information content (AvgIpc) is 2.83. The maximum absolute atomic E-state index is 10.0. The molecule has 1 rings (SSSR count). The number of likely N-dealkylation sites (N-methyl/N-ethyl adjacent to an activating group) is 1. The van der Waals surface area contributed by atoms with E-state index in [0.717, 1.165) is 6.42 Å². The number of rotatable bonds is 4. The molecular formula is C10H21NO. The highest BCUT2D eigenvalue weighted by atomic mass is 16.3. The summed E-state index contributed by atoms with van der Waals surface area (Å²) in [6.45, 7) is 4.29. The minimum Gasteiger partial charge on any atom is -0.391 e. The van der Waals surface area contributed by atoms with E-state index < -0.39 is 0 Å². The minimum absolute atomic E-state index is 0.0266. The molecule has 1 aliphatic carbocycles. The first kappa shape index (κ1) is 10.0. The standard InChI is InChI=1S/C10H21NO/c1-5-10(2,11(3)4)9(12)8-6-7-8/h8-9,12H,5-7H2,1-4H3. The van der Waals surface area contributed by atoms with E-state index in [4.69, 9.17) is 0 Å². The van der Waals surface area contributed by atoms with E-state index in [1.807, 2.05) is 0 Å². The largest absolute Gasteiger partial charge is 0.391 e. The lowest BCUT2D eigenvalue weighted by atomic mass is 9.87. The van der Waals surface area contributed by atoms with E-state index in [9.17, 15) is 5.11 Å². The molecule has 0 amide bonds. The molecule has 0 aromatic rings. The highest BCUT2D eigenvalue weighted by molar-refractivity contribution is 4.97. The summed E-state index contributed by atoms with van der Waals surface area (Å²) < 4.78 is 0. The molecule has 1 aliphatic rings. The topological polar surface area (TPSA) is 23.5 Å². The third-order valence-electron chi connectivity index (χ3n) is 3.44. The van der Waals surface area contributed by atoms with Crippen LogP contribution in [-0.2, 0) is 0 Å². The lowest BCUT2D eigenvalue weighted by molar-refractivity contribution is -0.0110. The lowest BCUT2D eigenvalue weighted by Gasteiger charge is -2.40. The van der Waals surface area contributed by atoms with Crippen molar-refractivity contribution in [1.82, 2.24) is 4.90 Å². The molecule has 1 fully saturated rings. The molecule has 0 aromatic heterocycles. The van der Waals surface area contributed by atoms with Gasteiger partial charge in [0.05, 0.1) is 6.10 Å². The van der Waals surface area contributed by atoms with Gasteiger partial charge in [0.15, 0.2) is 0 Å². The first-order valence-electron chi connectivity index (χ1n) is 4.88. The van der Waals surface area contributed by atoms with Crippen LogP contribution in [0.3, 0.4) is 0 Å². The van der Waals surface area contributed by atoms with Crippen molar-refractivity contribution in [2.75, 3.05) is 14.1 Å². The van der Waals surface area contributed by atoms with Gasteiger partial charge in [0.25, 0.3) is 0 Å². The molecule has 0 heterocycles. The Hall–Kier alpha value is -0.0800. The maximum atomic E-state index is 10.0. The number of aliphatic hydroxyl groups excluding tert-OH is 1. The van der Waals surface area contributed by atoms with Crippen molar-refractivity contribution in [3.8, 4) is 0 Å². The molecule has 72 valence electrons. The van der Waals surface area contributed by atoms with Crippen LogP contribution in [0.1, 0.15) is 33.1 Å². The molecule has 1 saturated carbocycles. The van der Waals surface area contributed by atoms with Gasteiger partial charge in [0, 0.05) is 5.54 Å². The van der Waals surface area contributed by atoms with Crippen LogP contribution in [0.5, 0.6) is 0 Å². The zero-order valence-electron chi connectivity index (χ0n) is 8.67. The van der Waals surface area contributed by atoms with Crippen LogP contribution in [0.2, 0.25) is 0 Å². The third-order valence-corrected chi connectivity index (χ3v) is 3.44. The van der Waals surface area contributed by atoms with E-state index in [1.54, 1.807) is 0 Å². The van der Waals surface area contributed by atoms with Gasteiger partial charge in [-0.1, -0.05) is 6.92 Å². The van der Waals surface area contributed by atoms with Crippen LogP contribution >= 0.6 is 0 Å². The highest BCUT2D eigenvalue weighted by Gasteiger charge is 2.42. The Morgan fingerprint density at radius 3 is 2.25 bits per heavy atom. The normalized spacial score (nSPS) is 25.5. The second kappa shape index (κ2) is 3.35. The summed E-state index contributed by atoms with van der Waals surface area (Å²) in [6, 6.07) is 0. The van der Waals surface area contributed by atoms with E-state index in [-0.39, 0.29) is 11.6 Å². The van der Waals surface area contributed by atoms with E-state index in [0.29, 0.717) is 5.92 Å². The van der Waals surface area contributed by atoms with Gasteiger partial charge >= 0.3 is 0 Å². The first-order chi connectivity index (χ1) is 5.52. The van der Waals surface area contributed by atoms with Crippen molar-refractivity contribution < 1.29 is 5.11 Å². The second-order valence-electron chi connectivity index (χ2n) is 4.39. The summed E-state index contributed by atoms with van der Waals surface area (Å²) in [5.74, 6) is 0.567. The molecule has 0 spiro atoms. The van der Waals surface area contributed by atoms with Crippen LogP contribution in [0, 0.1) is 5.92 Å². The number of hydrogen-bond acceptors (Lipinski definition) is 2. The Bertz CT molecular complexity index is 154. The molecular weight excluding hydrogens is 150 g/mol. The first-order valence-corrected chi connectivity index (χ1v) is 4.88. The van der Waals surface area contributed by atoms with E-state index in [1.165, 1.54) is 12.8 Å². The minimum atomic E-state index is -0.141. The zero-order chi connectivity index (χ0) is 9.35. The molecule has 2 nitrogen and oxygen atoms in total. The summed E-state index contributed by atoms with van der Waals surface area (Å²) in [4.78, 5) is 2.15. The van der Waals surface area contributed by atoms with Crippen LogP contribution in [0.15, 0.2) is 0 Å². The van der Waals surface area contributed by atoms with Gasteiger partial charge in [-0.05, 0) is 46.2 Å². The quantitative estimate of drug-likeness (QED) is 0.692. The van der Waals surface area contributed by atoms with E-state index >= 15 is 0 Å². The smallest absolute Gasteiger partial charge is 0.0748 e. The highest BCUT2D eigenvalue weighted by Crippen LogP contribution is 2.39. The molecule has 2 atom stereocenters. The van der Waals surface area contributed by atoms with Gasteiger partial charge in [-0.25, -0.2) is 0 Å². The molecule has 0 saturated heterocycles. The number of hydrogen-bond donors (Lipinski definition) is 1. The van der Waals surface area contributed by atoms with Crippen LogP contribution in [0.4, 0.5) is 0 Å². The summed E-state index contributed by atoms with van der Waals surface area (Å²) >= 11 is 0. The molecule has 0 aliphatic heterocycles. The summed E-state index contributed by atoms with van der Waals surface area (Å²) in [7, 11) is 4.10. The number of aliphatic hydroxyl groups is 1. The van der Waals surface area contributed by atoms with Gasteiger partial charge in [-0.15, -0.1) is 0 Å². The molecule has 0 radical (unpaired) electrons. The van der Waals surface area contributed by atoms with Crippen molar-refractivity contribution in [3.05, 3.63) is 0 Å². The van der Waals surface area contributed by atoms with Gasteiger partial charge in [0.1, 0.15) is 0 Å². The Morgan fingerprint density at radius 1 is 1.50 bits per heavy atom. The average molecular weight is 171 g/mol. The third kappa shape index (κ3) is 1.64. The monoisotopic (exact) mass is 171 g/mol. The van der Waals surface area contributed by atoms with Gasteiger partial charge in [-0.2, -0.15) is 0 Å². The summed E-state index contributed by atoms with van der Waals surface area (Å²) in [5.41, 5.74) is -0.0266. The fraction of sp³-hybridized carbons (Fsp3) is 1.00. The fourth-order valence-electron chi connectivity index (χ4n) is 1.71. The molecule has 1 N–H and O–H groups in total. The fourth-order valence-corrected chi connectivity index (χ4v) is 1.71. The van der Waals surface area contributed by atoms with Crippen molar-refractivity contribution in [1.29, 1.82) is 0 Å². The molecule has 0 bridgehead atoms. The van der Waals surface area contributed by atoms with Gasteiger partial charge < -0.3 is 10.0 Å². The zero-order valence-corrected chi connectivity index (χ0v) is 8.67. The Labute approximate surface area is 75.6 Å².